The summed E-state index contributed by atoms with van der Waals surface area (Å²) < 4.78 is 5.21. The molecule has 1 aromatic rings. The minimum absolute atomic E-state index is 0.183. The van der Waals surface area contributed by atoms with Gasteiger partial charge in [-0.3, -0.25) is 5.32 Å². The third-order valence-corrected chi connectivity index (χ3v) is 2.46. The molecule has 4 heteroatoms. The number of carbonyl (C=O) groups excluding carboxylic acids is 1. The lowest BCUT2D eigenvalue weighted by molar-refractivity contribution is 0.0636. The summed E-state index contributed by atoms with van der Waals surface area (Å²) in [7, 11) is 0. The molecule has 0 aliphatic heterocycles. The van der Waals surface area contributed by atoms with Gasteiger partial charge in [-0.05, 0) is 58.2 Å². The fraction of sp³-hybridized carbons (Fsp3) is 0.533. The van der Waals surface area contributed by atoms with Crippen LogP contribution in [0.25, 0.3) is 0 Å². The van der Waals surface area contributed by atoms with Gasteiger partial charge in [0.2, 0.25) is 0 Å². The lowest BCUT2D eigenvalue weighted by Gasteiger charge is -2.19. The van der Waals surface area contributed by atoms with Crippen molar-refractivity contribution in [3.8, 4) is 0 Å². The molecule has 1 amide bonds. The lowest BCUT2D eigenvalue weighted by atomic mass is 10.1. The molecule has 0 bridgehead atoms. The van der Waals surface area contributed by atoms with Gasteiger partial charge in [0.05, 0.1) is 0 Å². The third-order valence-electron chi connectivity index (χ3n) is 2.46. The van der Waals surface area contributed by atoms with Crippen molar-refractivity contribution in [1.82, 2.24) is 0 Å². The average molecular weight is 264 g/mol. The normalized spacial score (nSPS) is 12.9. The summed E-state index contributed by atoms with van der Waals surface area (Å²) in [5, 5.41) is 2.73. The maximum absolute atomic E-state index is 11.7. The maximum Gasteiger partial charge on any atom is 0.412 e. The molecule has 3 N–H and O–H groups in total. The van der Waals surface area contributed by atoms with Crippen molar-refractivity contribution in [3.63, 3.8) is 0 Å². The van der Waals surface area contributed by atoms with Gasteiger partial charge in [-0.25, -0.2) is 4.79 Å². The predicted octanol–water partition coefficient (Wildman–Crippen LogP) is 3.31. The zero-order valence-corrected chi connectivity index (χ0v) is 12.2. The Kier molecular flexibility index (Phi) is 5.36. The van der Waals surface area contributed by atoms with Gasteiger partial charge in [0.15, 0.2) is 0 Å². The molecule has 1 rings (SSSR count). The quantitative estimate of drug-likeness (QED) is 0.876. The van der Waals surface area contributed by atoms with Gasteiger partial charge in [-0.15, -0.1) is 0 Å². The summed E-state index contributed by atoms with van der Waals surface area (Å²) in [5.74, 6) is 0. The first-order valence-electron chi connectivity index (χ1n) is 6.61. The van der Waals surface area contributed by atoms with Gasteiger partial charge >= 0.3 is 6.09 Å². The van der Waals surface area contributed by atoms with E-state index in [-0.39, 0.29) is 6.04 Å². The Balaban J connectivity index is 2.59. The highest BCUT2D eigenvalue weighted by atomic mass is 16.6. The van der Waals surface area contributed by atoms with E-state index < -0.39 is 11.7 Å². The van der Waals surface area contributed by atoms with Crippen LogP contribution in [0.15, 0.2) is 24.3 Å². The second-order valence-electron chi connectivity index (χ2n) is 5.84. The van der Waals surface area contributed by atoms with Crippen molar-refractivity contribution >= 4 is 11.8 Å². The van der Waals surface area contributed by atoms with E-state index in [0.717, 1.165) is 24.1 Å². The number of nitrogens with one attached hydrogen (secondary N) is 1. The Bertz CT molecular complexity index is 422. The minimum Gasteiger partial charge on any atom is -0.444 e. The van der Waals surface area contributed by atoms with Crippen LogP contribution in [0, 0.1) is 0 Å². The van der Waals surface area contributed by atoms with Crippen molar-refractivity contribution in [1.29, 1.82) is 0 Å². The second-order valence-corrected chi connectivity index (χ2v) is 5.84. The van der Waals surface area contributed by atoms with Crippen LogP contribution in [-0.2, 0) is 11.2 Å². The zero-order chi connectivity index (χ0) is 14.5. The summed E-state index contributed by atoms with van der Waals surface area (Å²) in [5.41, 5.74) is 7.15. The van der Waals surface area contributed by atoms with Crippen LogP contribution in [0.4, 0.5) is 10.5 Å². The van der Waals surface area contributed by atoms with Gasteiger partial charge in [0.25, 0.3) is 0 Å². The van der Waals surface area contributed by atoms with E-state index in [4.69, 9.17) is 10.5 Å². The third kappa shape index (κ3) is 6.82. The van der Waals surface area contributed by atoms with Crippen molar-refractivity contribution < 1.29 is 9.53 Å². The highest BCUT2D eigenvalue weighted by Gasteiger charge is 2.16. The molecule has 1 aromatic carbocycles. The monoisotopic (exact) mass is 264 g/mol. The first-order chi connectivity index (χ1) is 8.76. The van der Waals surface area contributed by atoms with E-state index >= 15 is 0 Å². The number of amides is 1. The standard InChI is InChI=1S/C15H24N2O2/c1-11(16)8-9-12-6-5-7-13(10-12)17-14(18)19-15(2,3)4/h5-7,10-11H,8-9,16H2,1-4H3,(H,17,18)/t11-/m1/s1. The number of rotatable bonds is 4. The molecule has 0 radical (unpaired) electrons. The van der Waals surface area contributed by atoms with E-state index in [0.29, 0.717) is 0 Å². The minimum atomic E-state index is -0.489. The summed E-state index contributed by atoms with van der Waals surface area (Å²) in [4.78, 5) is 11.7. The molecule has 0 aliphatic rings. The highest BCUT2D eigenvalue weighted by Crippen LogP contribution is 2.15. The zero-order valence-electron chi connectivity index (χ0n) is 12.2. The van der Waals surface area contributed by atoms with Gasteiger partial charge < -0.3 is 10.5 Å². The lowest BCUT2D eigenvalue weighted by Crippen LogP contribution is -2.27. The molecule has 106 valence electrons. The molecule has 19 heavy (non-hydrogen) atoms. The van der Waals surface area contributed by atoms with Gasteiger partial charge in [-0.2, -0.15) is 0 Å². The number of benzene rings is 1. The summed E-state index contributed by atoms with van der Waals surface area (Å²) in [6.45, 7) is 7.51. The number of hydrogen-bond donors (Lipinski definition) is 2. The molecule has 1 atom stereocenters. The van der Waals surface area contributed by atoms with Gasteiger partial charge in [-0.1, -0.05) is 12.1 Å². The Morgan fingerprint density at radius 2 is 2.11 bits per heavy atom. The van der Waals surface area contributed by atoms with Crippen molar-refractivity contribution in [3.05, 3.63) is 29.8 Å². The number of nitrogens with two attached hydrogens (primary N) is 1. The first-order valence-corrected chi connectivity index (χ1v) is 6.61. The Labute approximate surface area is 115 Å². The van der Waals surface area contributed by atoms with E-state index in [1.165, 1.54) is 0 Å². The van der Waals surface area contributed by atoms with Crippen LogP contribution in [0.1, 0.15) is 39.7 Å². The van der Waals surface area contributed by atoms with Crippen LogP contribution in [0.2, 0.25) is 0 Å². The summed E-state index contributed by atoms with van der Waals surface area (Å²) in [6.07, 6.45) is 1.40. The van der Waals surface area contributed by atoms with E-state index in [9.17, 15) is 4.79 Å². The number of carbonyl (C=O) groups is 1. The van der Waals surface area contributed by atoms with Crippen LogP contribution < -0.4 is 11.1 Å². The molecular weight excluding hydrogens is 240 g/mol. The van der Waals surface area contributed by atoms with Gasteiger partial charge in [0, 0.05) is 11.7 Å². The number of ether oxygens (including phenoxy) is 1. The van der Waals surface area contributed by atoms with Crippen molar-refractivity contribution in [2.24, 2.45) is 5.73 Å². The van der Waals surface area contributed by atoms with Gasteiger partial charge in [0.1, 0.15) is 5.60 Å². The smallest absolute Gasteiger partial charge is 0.412 e. The van der Waals surface area contributed by atoms with Crippen molar-refractivity contribution in [2.45, 2.75) is 52.2 Å². The van der Waals surface area contributed by atoms with Crippen LogP contribution in [0.3, 0.4) is 0 Å². The van der Waals surface area contributed by atoms with E-state index in [1.54, 1.807) is 0 Å². The van der Waals surface area contributed by atoms with Crippen LogP contribution >= 0.6 is 0 Å². The van der Waals surface area contributed by atoms with Crippen molar-refractivity contribution in [2.75, 3.05) is 5.32 Å². The first kappa shape index (κ1) is 15.5. The molecule has 0 heterocycles. The van der Waals surface area contributed by atoms with Crippen LogP contribution in [-0.4, -0.2) is 17.7 Å². The fourth-order valence-corrected chi connectivity index (χ4v) is 1.62. The number of anilines is 1. The predicted molar refractivity (Wildman–Crippen MR) is 78.3 cm³/mol. The molecule has 0 saturated heterocycles. The van der Waals surface area contributed by atoms with E-state index in [1.807, 2.05) is 52.0 Å². The largest absolute Gasteiger partial charge is 0.444 e. The summed E-state index contributed by atoms with van der Waals surface area (Å²) >= 11 is 0. The van der Waals surface area contributed by atoms with Crippen LogP contribution in [0.5, 0.6) is 0 Å². The second kappa shape index (κ2) is 6.57. The molecular formula is C15H24N2O2. The topological polar surface area (TPSA) is 64.3 Å². The maximum atomic E-state index is 11.7. The molecule has 0 aromatic heterocycles. The SMILES string of the molecule is C[C@@H](N)CCc1cccc(NC(=O)OC(C)(C)C)c1. The highest BCUT2D eigenvalue weighted by molar-refractivity contribution is 5.84. The number of hydrogen-bond acceptors (Lipinski definition) is 3. The Morgan fingerprint density at radius 3 is 2.68 bits per heavy atom. The molecule has 0 aliphatic carbocycles. The molecule has 0 saturated carbocycles. The fourth-order valence-electron chi connectivity index (χ4n) is 1.62. The molecule has 4 nitrogen and oxygen atoms in total. The Morgan fingerprint density at radius 1 is 1.42 bits per heavy atom. The average Bonchev–Trinajstić information content (AvgIpc) is 2.24. The summed E-state index contributed by atoms with van der Waals surface area (Å²) in [6, 6.07) is 7.93. The molecule has 0 unspecified atom stereocenters. The molecule has 0 fully saturated rings. The molecule has 0 spiro atoms. The Hall–Kier alpha value is -1.55. The van der Waals surface area contributed by atoms with E-state index in [2.05, 4.69) is 5.32 Å². The number of aryl methyl sites for hydroxylation is 1.